The van der Waals surface area contributed by atoms with Crippen LogP contribution in [0.5, 0.6) is 0 Å². The average molecular weight is 232 g/mol. The molecule has 0 aliphatic carbocycles. The van der Waals surface area contributed by atoms with Crippen molar-refractivity contribution in [1.29, 1.82) is 0 Å². The Kier molecular flexibility index (Phi) is 4.23. The van der Waals surface area contributed by atoms with Crippen LogP contribution in [0.3, 0.4) is 0 Å². The molecule has 0 fully saturated rings. The minimum absolute atomic E-state index is 0.0625. The summed E-state index contributed by atoms with van der Waals surface area (Å²) >= 11 is 0. The van der Waals surface area contributed by atoms with Crippen molar-refractivity contribution in [2.24, 2.45) is 0 Å². The van der Waals surface area contributed by atoms with E-state index >= 15 is 0 Å². The number of carboxylic acid groups (broad SMARTS) is 1. The van der Waals surface area contributed by atoms with Crippen molar-refractivity contribution in [3.05, 3.63) is 29.6 Å². The fourth-order valence-corrected chi connectivity index (χ4v) is 1.27. The maximum atomic E-state index is 11.7. The number of carbonyl (C=O) groups is 2. The Hall–Kier alpha value is -2.35. The first-order valence-corrected chi connectivity index (χ1v) is 4.95. The van der Waals surface area contributed by atoms with Gasteiger partial charge in [-0.1, -0.05) is 6.07 Å². The van der Waals surface area contributed by atoms with Gasteiger partial charge >= 0.3 is 5.97 Å². The summed E-state index contributed by atoms with van der Waals surface area (Å²) < 4.78 is 0. The zero-order chi connectivity index (χ0) is 12.8. The molecule has 0 aliphatic rings. The van der Waals surface area contributed by atoms with Crippen molar-refractivity contribution in [3.8, 4) is 12.3 Å². The number of carbonyl (C=O) groups excluding carboxylic acids is 1. The van der Waals surface area contributed by atoms with Crippen LogP contribution < -0.4 is 5.32 Å². The molecule has 0 aliphatic heterocycles. The van der Waals surface area contributed by atoms with Crippen LogP contribution >= 0.6 is 0 Å². The SMILES string of the molecule is C#CCC(NC(=O)c1ncccc1C)C(=O)O. The molecule has 17 heavy (non-hydrogen) atoms. The van der Waals surface area contributed by atoms with Crippen molar-refractivity contribution < 1.29 is 14.7 Å². The van der Waals surface area contributed by atoms with E-state index in [1.54, 1.807) is 19.1 Å². The van der Waals surface area contributed by atoms with Gasteiger partial charge in [-0.3, -0.25) is 9.78 Å². The summed E-state index contributed by atoms with van der Waals surface area (Å²) in [6, 6.07) is 2.33. The van der Waals surface area contributed by atoms with Crippen LogP contribution in [-0.2, 0) is 4.79 Å². The van der Waals surface area contributed by atoms with E-state index in [0.717, 1.165) is 0 Å². The molecule has 1 atom stereocenters. The molecule has 0 aromatic carbocycles. The van der Waals surface area contributed by atoms with Crippen LogP contribution in [0.4, 0.5) is 0 Å². The molecule has 5 nitrogen and oxygen atoms in total. The molecule has 0 saturated carbocycles. The molecule has 1 rings (SSSR count). The highest BCUT2D eigenvalue weighted by molar-refractivity contribution is 5.96. The first-order chi connectivity index (χ1) is 8.06. The third-order valence-corrected chi connectivity index (χ3v) is 2.15. The molecule has 1 heterocycles. The lowest BCUT2D eigenvalue weighted by molar-refractivity contribution is -0.139. The fraction of sp³-hybridized carbons (Fsp3) is 0.250. The summed E-state index contributed by atoms with van der Waals surface area (Å²) in [6.45, 7) is 1.72. The summed E-state index contributed by atoms with van der Waals surface area (Å²) in [4.78, 5) is 26.5. The normalized spacial score (nSPS) is 11.3. The zero-order valence-corrected chi connectivity index (χ0v) is 9.30. The maximum Gasteiger partial charge on any atom is 0.327 e. The van der Waals surface area contributed by atoms with Crippen LogP contribution in [0.25, 0.3) is 0 Å². The number of rotatable bonds is 4. The number of carboxylic acids is 1. The summed E-state index contributed by atoms with van der Waals surface area (Å²) in [5.74, 6) is 0.506. The lowest BCUT2D eigenvalue weighted by Gasteiger charge is -2.12. The van der Waals surface area contributed by atoms with E-state index in [1.807, 2.05) is 0 Å². The molecule has 1 unspecified atom stereocenters. The Morgan fingerprint density at radius 3 is 2.88 bits per heavy atom. The topological polar surface area (TPSA) is 79.3 Å². The van der Waals surface area contributed by atoms with E-state index in [-0.39, 0.29) is 12.1 Å². The van der Waals surface area contributed by atoms with Crippen molar-refractivity contribution in [2.45, 2.75) is 19.4 Å². The van der Waals surface area contributed by atoms with Crippen molar-refractivity contribution in [2.75, 3.05) is 0 Å². The van der Waals surface area contributed by atoms with Gasteiger partial charge in [0.2, 0.25) is 0 Å². The lowest BCUT2D eigenvalue weighted by atomic mass is 10.1. The Bertz CT molecular complexity index is 477. The molecular weight excluding hydrogens is 220 g/mol. The molecule has 5 heteroatoms. The van der Waals surface area contributed by atoms with E-state index < -0.39 is 17.9 Å². The number of nitrogens with one attached hydrogen (secondary N) is 1. The first kappa shape index (κ1) is 12.7. The van der Waals surface area contributed by atoms with Crippen molar-refractivity contribution in [1.82, 2.24) is 10.3 Å². The third-order valence-electron chi connectivity index (χ3n) is 2.15. The number of pyridine rings is 1. The Labute approximate surface area is 98.9 Å². The molecule has 1 aromatic rings. The standard InChI is InChI=1S/C12H12N2O3/c1-3-5-9(12(16)17)14-11(15)10-8(2)6-4-7-13-10/h1,4,6-7,9H,5H2,2H3,(H,14,15)(H,16,17). The highest BCUT2D eigenvalue weighted by atomic mass is 16.4. The average Bonchev–Trinajstić information content (AvgIpc) is 2.28. The van der Waals surface area contributed by atoms with Gasteiger partial charge in [0.1, 0.15) is 11.7 Å². The number of hydrogen-bond acceptors (Lipinski definition) is 3. The quantitative estimate of drug-likeness (QED) is 0.745. The molecular formula is C12H12N2O3. The van der Waals surface area contributed by atoms with E-state index in [0.29, 0.717) is 5.56 Å². The predicted molar refractivity (Wildman–Crippen MR) is 61.3 cm³/mol. The molecule has 1 aromatic heterocycles. The van der Waals surface area contributed by atoms with E-state index in [2.05, 4.69) is 16.2 Å². The van der Waals surface area contributed by atoms with Crippen LogP contribution in [0, 0.1) is 19.3 Å². The molecule has 2 N–H and O–H groups in total. The van der Waals surface area contributed by atoms with Gasteiger partial charge in [0.15, 0.2) is 0 Å². The number of hydrogen-bond donors (Lipinski definition) is 2. The highest BCUT2D eigenvalue weighted by Crippen LogP contribution is 2.04. The number of aromatic nitrogens is 1. The number of terminal acetylenes is 1. The number of nitrogens with zero attached hydrogens (tertiary/aromatic N) is 1. The van der Waals surface area contributed by atoms with Crippen LogP contribution in [0.15, 0.2) is 18.3 Å². The molecule has 0 saturated heterocycles. The van der Waals surface area contributed by atoms with Gasteiger partial charge < -0.3 is 10.4 Å². The molecule has 1 amide bonds. The fourth-order valence-electron chi connectivity index (χ4n) is 1.27. The predicted octanol–water partition coefficient (Wildman–Crippen LogP) is 0.596. The van der Waals surface area contributed by atoms with Gasteiger partial charge in [-0.2, -0.15) is 0 Å². The summed E-state index contributed by atoms with van der Waals surface area (Å²) in [5, 5.41) is 11.2. The molecule has 0 radical (unpaired) electrons. The first-order valence-electron chi connectivity index (χ1n) is 4.95. The Morgan fingerprint density at radius 1 is 1.65 bits per heavy atom. The molecule has 0 bridgehead atoms. The highest BCUT2D eigenvalue weighted by Gasteiger charge is 2.20. The monoisotopic (exact) mass is 232 g/mol. The smallest absolute Gasteiger partial charge is 0.327 e. The van der Waals surface area contributed by atoms with Crippen LogP contribution in [0.2, 0.25) is 0 Å². The molecule has 88 valence electrons. The summed E-state index contributed by atoms with van der Waals surface area (Å²) in [6.07, 6.45) is 6.44. The second-order valence-corrected chi connectivity index (χ2v) is 3.44. The van der Waals surface area contributed by atoms with Crippen molar-refractivity contribution in [3.63, 3.8) is 0 Å². The second-order valence-electron chi connectivity index (χ2n) is 3.44. The lowest BCUT2D eigenvalue weighted by Crippen LogP contribution is -2.41. The van der Waals surface area contributed by atoms with Gasteiger partial charge in [0.05, 0.1) is 0 Å². The zero-order valence-electron chi connectivity index (χ0n) is 9.30. The second kappa shape index (κ2) is 5.66. The van der Waals surface area contributed by atoms with Gasteiger partial charge in [-0.25, -0.2) is 4.79 Å². The van der Waals surface area contributed by atoms with Gasteiger partial charge in [0, 0.05) is 12.6 Å². The Balaban J connectivity index is 2.82. The summed E-state index contributed by atoms with van der Waals surface area (Å²) in [5.41, 5.74) is 0.880. The van der Waals surface area contributed by atoms with Gasteiger partial charge in [0.25, 0.3) is 5.91 Å². The van der Waals surface area contributed by atoms with Gasteiger partial charge in [-0.05, 0) is 18.6 Å². The van der Waals surface area contributed by atoms with Gasteiger partial charge in [-0.15, -0.1) is 12.3 Å². The minimum atomic E-state index is -1.16. The largest absolute Gasteiger partial charge is 0.480 e. The van der Waals surface area contributed by atoms with E-state index in [9.17, 15) is 9.59 Å². The van der Waals surface area contributed by atoms with E-state index in [4.69, 9.17) is 11.5 Å². The molecule has 0 spiro atoms. The minimum Gasteiger partial charge on any atom is -0.480 e. The Morgan fingerprint density at radius 2 is 2.35 bits per heavy atom. The van der Waals surface area contributed by atoms with Crippen molar-refractivity contribution >= 4 is 11.9 Å². The van der Waals surface area contributed by atoms with Crippen LogP contribution in [-0.4, -0.2) is 28.0 Å². The maximum absolute atomic E-state index is 11.7. The number of amides is 1. The summed E-state index contributed by atoms with van der Waals surface area (Å²) in [7, 11) is 0. The third kappa shape index (κ3) is 3.31. The van der Waals surface area contributed by atoms with E-state index in [1.165, 1.54) is 6.20 Å². The van der Waals surface area contributed by atoms with Crippen LogP contribution in [0.1, 0.15) is 22.5 Å². The number of aliphatic carboxylic acids is 1. The number of aryl methyl sites for hydroxylation is 1.